The topological polar surface area (TPSA) is 26.3 Å². The molecule has 1 saturated heterocycles. The maximum absolute atomic E-state index is 11.2. The molecule has 0 aromatic carbocycles. The number of carbonyl (C=O) groups is 1. The fraction of sp³-hybridized carbons (Fsp3) is 0.727. The van der Waals surface area contributed by atoms with E-state index in [1.165, 1.54) is 24.8 Å². The zero-order valence-electron chi connectivity index (χ0n) is 8.56. The zero-order valence-corrected chi connectivity index (χ0v) is 8.56. The lowest BCUT2D eigenvalue weighted by atomic mass is 10.0. The molecule has 0 aromatic rings. The average molecular weight is 182 g/mol. The molecule has 0 N–H and O–H groups in total. The molecule has 2 nitrogen and oxygen atoms in total. The summed E-state index contributed by atoms with van der Waals surface area (Å²) in [6.07, 6.45) is 5.54. The van der Waals surface area contributed by atoms with E-state index in [2.05, 4.69) is 13.8 Å². The first-order chi connectivity index (χ1) is 6.25. The van der Waals surface area contributed by atoms with Crippen molar-refractivity contribution in [1.82, 2.24) is 0 Å². The molecule has 0 aromatic heterocycles. The van der Waals surface area contributed by atoms with Crippen molar-refractivity contribution in [2.75, 3.05) is 6.61 Å². The maximum Gasteiger partial charge on any atom is 0.334 e. The van der Waals surface area contributed by atoms with Crippen molar-refractivity contribution >= 4 is 5.97 Å². The molecule has 2 heteroatoms. The van der Waals surface area contributed by atoms with Crippen LogP contribution in [0.4, 0.5) is 0 Å². The maximum atomic E-state index is 11.2. The molecular weight excluding hydrogens is 164 g/mol. The number of hydrogen-bond acceptors (Lipinski definition) is 2. The third kappa shape index (κ3) is 2.87. The van der Waals surface area contributed by atoms with Gasteiger partial charge in [-0.3, -0.25) is 0 Å². The van der Waals surface area contributed by atoms with Crippen molar-refractivity contribution in [3.63, 3.8) is 0 Å². The van der Waals surface area contributed by atoms with Crippen LogP contribution >= 0.6 is 0 Å². The van der Waals surface area contributed by atoms with Crippen LogP contribution in [0, 0.1) is 0 Å². The van der Waals surface area contributed by atoms with Crippen LogP contribution < -0.4 is 0 Å². The van der Waals surface area contributed by atoms with Crippen LogP contribution in [0.3, 0.4) is 0 Å². The molecule has 1 heterocycles. The van der Waals surface area contributed by atoms with Gasteiger partial charge in [-0.1, -0.05) is 25.3 Å². The molecule has 0 aliphatic carbocycles. The number of esters is 1. The third-order valence-corrected chi connectivity index (χ3v) is 2.50. The molecule has 1 aliphatic rings. The summed E-state index contributed by atoms with van der Waals surface area (Å²) >= 11 is 0. The van der Waals surface area contributed by atoms with E-state index in [-0.39, 0.29) is 5.97 Å². The molecule has 1 fully saturated rings. The van der Waals surface area contributed by atoms with Gasteiger partial charge in [0.15, 0.2) is 0 Å². The van der Waals surface area contributed by atoms with Gasteiger partial charge in [-0.2, -0.15) is 0 Å². The van der Waals surface area contributed by atoms with E-state index in [9.17, 15) is 4.79 Å². The van der Waals surface area contributed by atoms with Crippen molar-refractivity contribution in [2.24, 2.45) is 0 Å². The molecule has 1 rings (SSSR count). The Bertz CT molecular complexity index is 216. The summed E-state index contributed by atoms with van der Waals surface area (Å²) in [5.41, 5.74) is 2.16. The fourth-order valence-electron chi connectivity index (χ4n) is 1.61. The van der Waals surface area contributed by atoms with Crippen molar-refractivity contribution in [1.29, 1.82) is 0 Å². The Morgan fingerprint density at radius 2 is 2.23 bits per heavy atom. The lowest BCUT2D eigenvalue weighted by molar-refractivity contribution is -0.135. The second kappa shape index (κ2) is 5.05. The Kier molecular flexibility index (Phi) is 4.00. The fourth-order valence-corrected chi connectivity index (χ4v) is 1.61. The lowest BCUT2D eigenvalue weighted by Gasteiger charge is -2.02. The van der Waals surface area contributed by atoms with Gasteiger partial charge >= 0.3 is 5.97 Å². The smallest absolute Gasteiger partial charge is 0.334 e. The molecule has 0 saturated carbocycles. The Balaban J connectivity index is 2.43. The highest BCUT2D eigenvalue weighted by Crippen LogP contribution is 2.21. The van der Waals surface area contributed by atoms with Crippen LogP contribution in [-0.4, -0.2) is 12.6 Å². The highest BCUT2D eigenvalue weighted by atomic mass is 16.5. The van der Waals surface area contributed by atoms with Gasteiger partial charge < -0.3 is 4.74 Å². The number of hydrogen-bond donors (Lipinski definition) is 0. The van der Waals surface area contributed by atoms with E-state index < -0.39 is 0 Å². The van der Waals surface area contributed by atoms with Gasteiger partial charge in [-0.05, 0) is 19.8 Å². The minimum absolute atomic E-state index is 0.0889. The number of rotatable bonds is 4. The molecule has 0 atom stereocenters. The van der Waals surface area contributed by atoms with E-state index in [0.717, 1.165) is 18.4 Å². The van der Waals surface area contributed by atoms with E-state index in [0.29, 0.717) is 6.61 Å². The number of allylic oxidation sites excluding steroid dienone is 1. The van der Waals surface area contributed by atoms with E-state index in [4.69, 9.17) is 4.74 Å². The molecule has 0 unspecified atom stereocenters. The second-order valence-electron chi connectivity index (χ2n) is 3.60. The van der Waals surface area contributed by atoms with E-state index in [1.807, 2.05) is 0 Å². The minimum atomic E-state index is -0.0889. The van der Waals surface area contributed by atoms with Crippen LogP contribution in [0.1, 0.15) is 46.0 Å². The summed E-state index contributed by atoms with van der Waals surface area (Å²) in [7, 11) is 0. The van der Waals surface area contributed by atoms with Gasteiger partial charge in [0.1, 0.15) is 0 Å². The average Bonchev–Trinajstić information content (AvgIpc) is 2.52. The van der Waals surface area contributed by atoms with Crippen molar-refractivity contribution < 1.29 is 9.53 Å². The van der Waals surface area contributed by atoms with Crippen molar-refractivity contribution in [3.05, 3.63) is 11.1 Å². The molecular formula is C11H18O2. The Labute approximate surface area is 80.0 Å². The van der Waals surface area contributed by atoms with E-state index >= 15 is 0 Å². The summed E-state index contributed by atoms with van der Waals surface area (Å²) < 4.78 is 4.90. The number of unbranched alkanes of at least 4 members (excludes halogenated alkanes) is 2. The first-order valence-corrected chi connectivity index (χ1v) is 5.11. The van der Waals surface area contributed by atoms with Crippen LogP contribution in [0.25, 0.3) is 0 Å². The van der Waals surface area contributed by atoms with Crippen LogP contribution in [0.5, 0.6) is 0 Å². The summed E-state index contributed by atoms with van der Waals surface area (Å²) in [5, 5.41) is 0. The molecule has 0 bridgehead atoms. The minimum Gasteiger partial charge on any atom is -0.462 e. The summed E-state index contributed by atoms with van der Waals surface area (Å²) in [5.74, 6) is -0.0889. The van der Waals surface area contributed by atoms with E-state index in [1.54, 1.807) is 0 Å². The molecule has 13 heavy (non-hydrogen) atoms. The molecule has 0 spiro atoms. The van der Waals surface area contributed by atoms with Gasteiger partial charge in [-0.15, -0.1) is 0 Å². The van der Waals surface area contributed by atoms with Crippen molar-refractivity contribution in [2.45, 2.75) is 46.0 Å². The lowest BCUT2D eigenvalue weighted by Crippen LogP contribution is -1.97. The van der Waals surface area contributed by atoms with Crippen molar-refractivity contribution in [3.8, 4) is 0 Å². The first kappa shape index (κ1) is 10.3. The Hall–Kier alpha value is -0.790. The number of ether oxygens (including phenoxy) is 1. The Morgan fingerprint density at radius 3 is 2.77 bits per heavy atom. The Morgan fingerprint density at radius 1 is 1.46 bits per heavy atom. The number of carbonyl (C=O) groups excluding carboxylic acids is 1. The monoisotopic (exact) mass is 182 g/mol. The van der Waals surface area contributed by atoms with Gasteiger partial charge in [0, 0.05) is 12.0 Å². The van der Waals surface area contributed by atoms with Crippen LogP contribution in [-0.2, 0) is 9.53 Å². The van der Waals surface area contributed by atoms with Crippen LogP contribution in [0.2, 0.25) is 0 Å². The first-order valence-electron chi connectivity index (χ1n) is 5.11. The summed E-state index contributed by atoms with van der Waals surface area (Å²) in [6, 6.07) is 0. The molecule has 74 valence electrons. The molecule has 0 amide bonds. The quantitative estimate of drug-likeness (QED) is 0.379. The SMILES string of the molecule is CCCCC/C(C)=C1\CCOC1=O. The molecule has 0 radical (unpaired) electrons. The summed E-state index contributed by atoms with van der Waals surface area (Å²) in [6.45, 7) is 4.82. The highest BCUT2D eigenvalue weighted by Gasteiger charge is 2.20. The highest BCUT2D eigenvalue weighted by molar-refractivity contribution is 5.91. The normalized spacial score (nSPS) is 20.3. The predicted octanol–water partition coefficient (Wildman–Crippen LogP) is 2.83. The summed E-state index contributed by atoms with van der Waals surface area (Å²) in [4.78, 5) is 11.2. The van der Waals surface area contributed by atoms with Gasteiger partial charge in [-0.25, -0.2) is 4.79 Å². The predicted molar refractivity (Wildman–Crippen MR) is 52.4 cm³/mol. The second-order valence-corrected chi connectivity index (χ2v) is 3.60. The largest absolute Gasteiger partial charge is 0.462 e. The molecule has 1 aliphatic heterocycles. The zero-order chi connectivity index (χ0) is 9.68. The third-order valence-electron chi connectivity index (χ3n) is 2.50. The van der Waals surface area contributed by atoms with Crippen LogP contribution in [0.15, 0.2) is 11.1 Å². The number of cyclic esters (lactones) is 1. The van der Waals surface area contributed by atoms with Gasteiger partial charge in [0.05, 0.1) is 6.61 Å². The standard InChI is InChI=1S/C11H18O2/c1-3-4-5-6-9(2)10-7-8-13-11(10)12/h3-8H2,1-2H3/b10-9+. The van der Waals surface area contributed by atoms with Gasteiger partial charge in [0.25, 0.3) is 0 Å². The van der Waals surface area contributed by atoms with Gasteiger partial charge in [0.2, 0.25) is 0 Å².